The molecule has 0 unspecified atom stereocenters. The molecule has 4 aromatic rings. The van der Waals surface area contributed by atoms with Crippen LogP contribution in [0.1, 0.15) is 22.4 Å². The van der Waals surface area contributed by atoms with Crippen molar-refractivity contribution < 1.29 is 19.0 Å². The molecule has 5 rings (SSSR count). The van der Waals surface area contributed by atoms with Crippen molar-refractivity contribution in [2.75, 3.05) is 6.79 Å². The summed E-state index contributed by atoms with van der Waals surface area (Å²) in [5, 5.41) is 0.593. The summed E-state index contributed by atoms with van der Waals surface area (Å²) in [6.07, 6.45) is 5.01. The zero-order valence-electron chi connectivity index (χ0n) is 20.0. The highest BCUT2D eigenvalue weighted by atomic mass is 35.5. The number of amides is 1. The van der Waals surface area contributed by atoms with E-state index in [1.54, 1.807) is 29.3 Å². The standard InChI is InChI=1S/C30H25ClN2O4/c31-27-10-2-1-7-24(27)12-14-30(34)33(19-25-8-3-4-15-32-25)18-22-6-5-9-26(16-22)35-20-23-11-13-28-29(17-23)37-21-36-28/h1-17H,18-21H2. The molecule has 1 aromatic heterocycles. The van der Waals surface area contributed by atoms with Gasteiger partial charge in [-0.2, -0.15) is 0 Å². The van der Waals surface area contributed by atoms with Crippen LogP contribution in [0.4, 0.5) is 0 Å². The maximum absolute atomic E-state index is 13.2. The van der Waals surface area contributed by atoms with Crippen molar-refractivity contribution in [1.82, 2.24) is 9.88 Å². The third-order valence-electron chi connectivity index (χ3n) is 5.82. The Bertz CT molecular complexity index is 1410. The third kappa shape index (κ3) is 6.48. The van der Waals surface area contributed by atoms with E-state index in [0.29, 0.717) is 30.5 Å². The summed E-state index contributed by atoms with van der Waals surface area (Å²) >= 11 is 6.25. The molecule has 3 aromatic carbocycles. The van der Waals surface area contributed by atoms with Crippen LogP contribution in [0.25, 0.3) is 6.08 Å². The first kappa shape index (κ1) is 24.4. The van der Waals surface area contributed by atoms with Crippen molar-refractivity contribution in [3.05, 3.63) is 125 Å². The van der Waals surface area contributed by atoms with Crippen molar-refractivity contribution in [3.63, 3.8) is 0 Å². The van der Waals surface area contributed by atoms with Crippen LogP contribution in [-0.4, -0.2) is 22.6 Å². The van der Waals surface area contributed by atoms with Gasteiger partial charge < -0.3 is 19.1 Å². The van der Waals surface area contributed by atoms with Gasteiger partial charge in [0.1, 0.15) is 12.4 Å². The lowest BCUT2D eigenvalue weighted by Crippen LogP contribution is -2.28. The van der Waals surface area contributed by atoms with Crippen molar-refractivity contribution in [2.24, 2.45) is 0 Å². The molecular formula is C30H25ClN2O4. The fourth-order valence-electron chi connectivity index (χ4n) is 3.93. The van der Waals surface area contributed by atoms with E-state index in [-0.39, 0.29) is 12.7 Å². The van der Waals surface area contributed by atoms with Crippen molar-refractivity contribution in [1.29, 1.82) is 0 Å². The average Bonchev–Trinajstić information content (AvgIpc) is 3.40. The van der Waals surface area contributed by atoms with Gasteiger partial charge >= 0.3 is 0 Å². The number of benzene rings is 3. The average molecular weight is 513 g/mol. The third-order valence-corrected chi connectivity index (χ3v) is 6.16. The smallest absolute Gasteiger partial charge is 0.247 e. The number of pyridine rings is 1. The van der Waals surface area contributed by atoms with Gasteiger partial charge in [0, 0.05) is 23.8 Å². The molecule has 0 saturated heterocycles. The molecule has 1 amide bonds. The van der Waals surface area contributed by atoms with E-state index >= 15 is 0 Å². The first-order valence-electron chi connectivity index (χ1n) is 11.9. The van der Waals surface area contributed by atoms with Crippen LogP contribution in [-0.2, 0) is 24.5 Å². The quantitative estimate of drug-likeness (QED) is 0.247. The van der Waals surface area contributed by atoms with Crippen LogP contribution in [0.2, 0.25) is 5.02 Å². The largest absolute Gasteiger partial charge is 0.489 e. The number of aromatic nitrogens is 1. The molecule has 186 valence electrons. The SMILES string of the molecule is O=C(C=Cc1ccccc1Cl)N(Cc1cccc(OCc2ccc3c(c2)OCO3)c1)Cc1ccccn1. The molecule has 0 N–H and O–H groups in total. The molecule has 0 atom stereocenters. The van der Waals surface area contributed by atoms with Gasteiger partial charge in [-0.3, -0.25) is 9.78 Å². The Morgan fingerprint density at radius 3 is 2.65 bits per heavy atom. The minimum Gasteiger partial charge on any atom is -0.489 e. The first-order chi connectivity index (χ1) is 18.1. The minimum absolute atomic E-state index is 0.141. The number of halogens is 1. The zero-order chi connectivity index (χ0) is 25.5. The van der Waals surface area contributed by atoms with E-state index in [9.17, 15) is 4.79 Å². The number of hydrogen-bond donors (Lipinski definition) is 0. The Morgan fingerprint density at radius 2 is 1.78 bits per heavy atom. The molecular weight excluding hydrogens is 488 g/mol. The van der Waals surface area contributed by atoms with Gasteiger partial charge in [-0.05, 0) is 65.2 Å². The molecule has 0 spiro atoms. The normalized spacial score (nSPS) is 12.0. The van der Waals surface area contributed by atoms with E-state index in [4.69, 9.17) is 25.8 Å². The van der Waals surface area contributed by atoms with Gasteiger partial charge in [0.2, 0.25) is 12.7 Å². The number of carbonyl (C=O) groups excluding carboxylic acids is 1. The van der Waals surface area contributed by atoms with Gasteiger partial charge in [-0.25, -0.2) is 0 Å². The summed E-state index contributed by atoms with van der Waals surface area (Å²) in [7, 11) is 0. The molecule has 0 fully saturated rings. The fourth-order valence-corrected chi connectivity index (χ4v) is 4.13. The Kier molecular flexibility index (Phi) is 7.67. The molecule has 0 radical (unpaired) electrons. The predicted octanol–water partition coefficient (Wildman–Crippen LogP) is 6.28. The van der Waals surface area contributed by atoms with Crippen molar-refractivity contribution in [2.45, 2.75) is 19.7 Å². The monoisotopic (exact) mass is 512 g/mol. The predicted molar refractivity (Wildman–Crippen MR) is 142 cm³/mol. The molecule has 7 heteroatoms. The zero-order valence-corrected chi connectivity index (χ0v) is 20.8. The molecule has 6 nitrogen and oxygen atoms in total. The van der Waals surface area contributed by atoms with Crippen LogP contribution in [0.3, 0.4) is 0 Å². The second kappa shape index (κ2) is 11.6. The van der Waals surface area contributed by atoms with Crippen molar-refractivity contribution in [3.8, 4) is 17.2 Å². The molecule has 0 saturated carbocycles. The summed E-state index contributed by atoms with van der Waals surface area (Å²) in [5.74, 6) is 2.04. The van der Waals surface area contributed by atoms with E-state index < -0.39 is 0 Å². The van der Waals surface area contributed by atoms with Crippen LogP contribution in [0.15, 0.2) is 97.2 Å². The summed E-state index contributed by atoms with van der Waals surface area (Å²) in [6, 6.07) is 26.6. The summed E-state index contributed by atoms with van der Waals surface area (Å²) in [6.45, 7) is 1.39. The Balaban J connectivity index is 1.29. The number of carbonyl (C=O) groups is 1. The molecule has 1 aliphatic rings. The van der Waals surface area contributed by atoms with E-state index in [1.165, 1.54) is 0 Å². The van der Waals surface area contributed by atoms with Crippen LogP contribution in [0, 0.1) is 0 Å². The second-order valence-corrected chi connectivity index (χ2v) is 8.90. The Hall–Kier alpha value is -4.29. The van der Waals surface area contributed by atoms with E-state index in [2.05, 4.69) is 4.98 Å². The fraction of sp³-hybridized carbons (Fsp3) is 0.133. The lowest BCUT2D eigenvalue weighted by Gasteiger charge is -2.21. The lowest BCUT2D eigenvalue weighted by atomic mass is 10.1. The minimum atomic E-state index is -0.141. The first-order valence-corrected chi connectivity index (χ1v) is 12.2. The maximum Gasteiger partial charge on any atom is 0.247 e. The number of hydrogen-bond acceptors (Lipinski definition) is 5. The van der Waals surface area contributed by atoms with Gasteiger partial charge in [0.05, 0.1) is 12.2 Å². The second-order valence-electron chi connectivity index (χ2n) is 8.49. The van der Waals surface area contributed by atoms with Crippen molar-refractivity contribution >= 4 is 23.6 Å². The van der Waals surface area contributed by atoms with Gasteiger partial charge in [0.25, 0.3) is 0 Å². The number of rotatable bonds is 9. The molecule has 37 heavy (non-hydrogen) atoms. The Labute approximate surface area is 220 Å². The van der Waals surface area contributed by atoms with Crippen LogP contribution in [0.5, 0.6) is 17.2 Å². The highest BCUT2D eigenvalue weighted by Crippen LogP contribution is 2.32. The van der Waals surface area contributed by atoms with Crippen LogP contribution < -0.4 is 14.2 Å². The topological polar surface area (TPSA) is 60.9 Å². The van der Waals surface area contributed by atoms with Crippen LogP contribution >= 0.6 is 11.6 Å². The number of nitrogens with zero attached hydrogens (tertiary/aromatic N) is 2. The highest BCUT2D eigenvalue weighted by Gasteiger charge is 2.15. The summed E-state index contributed by atoms with van der Waals surface area (Å²) in [5.41, 5.74) is 3.51. The number of ether oxygens (including phenoxy) is 3. The molecule has 2 heterocycles. The highest BCUT2D eigenvalue weighted by molar-refractivity contribution is 6.32. The Morgan fingerprint density at radius 1 is 0.919 bits per heavy atom. The maximum atomic E-state index is 13.2. The van der Waals surface area contributed by atoms with Gasteiger partial charge in [-0.15, -0.1) is 0 Å². The molecule has 1 aliphatic heterocycles. The molecule has 0 aliphatic carbocycles. The van der Waals surface area contributed by atoms with Gasteiger partial charge in [-0.1, -0.05) is 54.1 Å². The van der Waals surface area contributed by atoms with Gasteiger partial charge in [0.15, 0.2) is 11.5 Å². The summed E-state index contributed by atoms with van der Waals surface area (Å²) < 4.78 is 16.8. The molecule has 0 bridgehead atoms. The van der Waals surface area contributed by atoms with E-state index in [1.807, 2.05) is 78.9 Å². The lowest BCUT2D eigenvalue weighted by molar-refractivity contribution is -0.127. The summed E-state index contributed by atoms with van der Waals surface area (Å²) in [4.78, 5) is 19.4. The number of fused-ring (bicyclic) bond motifs is 1. The van der Waals surface area contributed by atoms with E-state index in [0.717, 1.165) is 33.9 Å².